The molecule has 0 saturated heterocycles. The van der Waals surface area contributed by atoms with E-state index in [0.717, 1.165) is 26.7 Å². The Hall–Kier alpha value is -0.810. The molecule has 0 aliphatic heterocycles. The number of aromatic nitrogens is 3. The number of aryl methyl sites for hydroxylation is 2. The van der Waals surface area contributed by atoms with E-state index in [1.165, 1.54) is 11.3 Å². The van der Waals surface area contributed by atoms with Crippen LogP contribution in [-0.4, -0.2) is 14.6 Å². The molecule has 13 heavy (non-hydrogen) atoms. The average Bonchev–Trinajstić information content (AvgIpc) is 2.46. The molecule has 2 aromatic rings. The normalized spacial score (nSPS) is 10.9. The number of hydrogen-bond acceptors (Lipinski definition) is 4. The Bertz CT molecular complexity index is 498. The van der Waals surface area contributed by atoms with Crippen LogP contribution in [0, 0.1) is 10.9 Å². The van der Waals surface area contributed by atoms with Crippen LogP contribution in [0.5, 0.6) is 0 Å². The number of nitrogens with zero attached hydrogens (tertiary/aromatic N) is 3. The minimum absolute atomic E-state index is 0.773. The van der Waals surface area contributed by atoms with Gasteiger partial charge in [0.2, 0.25) is 0 Å². The molecule has 3 nitrogen and oxygen atoms in total. The minimum Gasteiger partial charge on any atom is -0.223 e. The summed E-state index contributed by atoms with van der Waals surface area (Å²) in [6.45, 7) is 4.02. The van der Waals surface area contributed by atoms with Crippen LogP contribution in [-0.2, 0) is 6.42 Å². The standard InChI is InChI=1S/C8H9N3S2/c1-3-7-9-6-4-5(2)10-11(6)8(12)13-7/h4H,3H2,1-2H3. The first kappa shape index (κ1) is 8.77. The molecule has 0 aliphatic rings. The van der Waals surface area contributed by atoms with Gasteiger partial charge in [0.25, 0.3) is 0 Å². The number of hydrogen-bond donors (Lipinski definition) is 0. The molecule has 0 amide bonds. The molecular weight excluding hydrogens is 202 g/mol. The molecule has 68 valence electrons. The zero-order valence-corrected chi connectivity index (χ0v) is 9.08. The van der Waals surface area contributed by atoms with Gasteiger partial charge in [0.05, 0.1) is 10.7 Å². The second-order valence-electron chi connectivity index (χ2n) is 2.78. The van der Waals surface area contributed by atoms with Crippen LogP contribution in [0.15, 0.2) is 6.07 Å². The van der Waals surface area contributed by atoms with Gasteiger partial charge in [0.15, 0.2) is 9.60 Å². The number of fused-ring (bicyclic) bond motifs is 1. The highest BCUT2D eigenvalue weighted by atomic mass is 32.1. The van der Waals surface area contributed by atoms with Crippen LogP contribution in [0.25, 0.3) is 5.65 Å². The summed E-state index contributed by atoms with van der Waals surface area (Å²) in [5, 5.41) is 5.32. The van der Waals surface area contributed by atoms with Gasteiger partial charge in [-0.2, -0.15) is 9.61 Å². The SMILES string of the molecule is CCc1nc2cc(C)nn2c(=S)s1. The van der Waals surface area contributed by atoms with Gasteiger partial charge in [-0.1, -0.05) is 18.3 Å². The van der Waals surface area contributed by atoms with E-state index >= 15 is 0 Å². The maximum Gasteiger partial charge on any atom is 0.185 e. The highest BCUT2D eigenvalue weighted by molar-refractivity contribution is 7.73. The highest BCUT2D eigenvalue weighted by Gasteiger charge is 2.02. The first-order valence-corrected chi connectivity index (χ1v) is 5.29. The van der Waals surface area contributed by atoms with Crippen molar-refractivity contribution < 1.29 is 0 Å². The van der Waals surface area contributed by atoms with E-state index in [2.05, 4.69) is 17.0 Å². The molecule has 0 atom stereocenters. The van der Waals surface area contributed by atoms with Crippen LogP contribution in [0.2, 0.25) is 0 Å². The van der Waals surface area contributed by atoms with Crippen molar-refractivity contribution in [1.82, 2.24) is 14.6 Å². The molecule has 2 heterocycles. The summed E-state index contributed by atoms with van der Waals surface area (Å²) in [6, 6.07) is 1.95. The van der Waals surface area contributed by atoms with E-state index < -0.39 is 0 Å². The highest BCUT2D eigenvalue weighted by Crippen LogP contribution is 2.11. The summed E-state index contributed by atoms with van der Waals surface area (Å²) >= 11 is 6.72. The Morgan fingerprint density at radius 2 is 2.38 bits per heavy atom. The van der Waals surface area contributed by atoms with E-state index in [4.69, 9.17) is 12.2 Å². The minimum atomic E-state index is 0.773. The molecular formula is C8H9N3S2. The van der Waals surface area contributed by atoms with Crippen molar-refractivity contribution >= 4 is 29.2 Å². The van der Waals surface area contributed by atoms with Gasteiger partial charge in [0, 0.05) is 6.07 Å². The van der Waals surface area contributed by atoms with Gasteiger partial charge in [-0.15, -0.1) is 0 Å². The van der Waals surface area contributed by atoms with E-state index in [1.54, 1.807) is 4.52 Å². The molecule has 0 spiro atoms. The number of rotatable bonds is 1. The van der Waals surface area contributed by atoms with Crippen molar-refractivity contribution in [2.45, 2.75) is 20.3 Å². The first-order valence-electron chi connectivity index (χ1n) is 4.07. The second-order valence-corrected chi connectivity index (χ2v) is 4.49. The van der Waals surface area contributed by atoms with Crippen LogP contribution in [0.3, 0.4) is 0 Å². The van der Waals surface area contributed by atoms with Crippen molar-refractivity contribution in [3.8, 4) is 0 Å². The van der Waals surface area contributed by atoms with Crippen LogP contribution in [0.1, 0.15) is 17.6 Å². The fourth-order valence-corrected chi connectivity index (χ4v) is 2.27. The van der Waals surface area contributed by atoms with Gasteiger partial charge in [-0.05, 0) is 25.6 Å². The first-order chi connectivity index (χ1) is 6.20. The predicted molar refractivity (Wildman–Crippen MR) is 55.8 cm³/mol. The Balaban J connectivity index is 2.83. The van der Waals surface area contributed by atoms with Crippen LogP contribution in [0.4, 0.5) is 0 Å². The summed E-state index contributed by atoms with van der Waals surface area (Å²) in [5.74, 6) is 0. The fourth-order valence-electron chi connectivity index (χ4n) is 1.15. The molecule has 0 radical (unpaired) electrons. The zero-order chi connectivity index (χ0) is 9.42. The third-order valence-corrected chi connectivity index (χ3v) is 3.12. The monoisotopic (exact) mass is 211 g/mol. The molecule has 0 aliphatic carbocycles. The van der Waals surface area contributed by atoms with E-state index in [9.17, 15) is 0 Å². The van der Waals surface area contributed by atoms with Crippen molar-refractivity contribution in [2.75, 3.05) is 0 Å². The van der Waals surface area contributed by atoms with Gasteiger partial charge in [0.1, 0.15) is 0 Å². The third kappa shape index (κ3) is 1.49. The van der Waals surface area contributed by atoms with Crippen molar-refractivity contribution in [3.05, 3.63) is 20.7 Å². The molecule has 0 N–H and O–H groups in total. The van der Waals surface area contributed by atoms with E-state index in [0.29, 0.717) is 0 Å². The molecule has 0 bridgehead atoms. The average molecular weight is 211 g/mol. The molecule has 2 aromatic heterocycles. The summed E-state index contributed by atoms with van der Waals surface area (Å²) in [7, 11) is 0. The Kier molecular flexibility index (Phi) is 2.13. The van der Waals surface area contributed by atoms with Crippen molar-refractivity contribution in [1.29, 1.82) is 0 Å². The summed E-state index contributed by atoms with van der Waals surface area (Å²) < 4.78 is 2.49. The zero-order valence-electron chi connectivity index (χ0n) is 7.44. The van der Waals surface area contributed by atoms with Gasteiger partial charge < -0.3 is 0 Å². The summed E-state index contributed by atoms with van der Waals surface area (Å²) in [5.41, 5.74) is 1.82. The molecule has 0 unspecified atom stereocenters. The van der Waals surface area contributed by atoms with Gasteiger partial charge in [-0.25, -0.2) is 4.98 Å². The molecule has 2 rings (SSSR count). The molecule has 0 fully saturated rings. The van der Waals surface area contributed by atoms with Crippen molar-refractivity contribution in [2.24, 2.45) is 0 Å². The van der Waals surface area contributed by atoms with Crippen LogP contribution >= 0.6 is 23.6 Å². The van der Waals surface area contributed by atoms with Gasteiger partial charge in [-0.3, -0.25) is 0 Å². The molecule has 0 saturated carbocycles. The molecule has 0 aromatic carbocycles. The molecule has 5 heteroatoms. The smallest absolute Gasteiger partial charge is 0.185 e. The van der Waals surface area contributed by atoms with E-state index in [1.807, 2.05) is 13.0 Å². The van der Waals surface area contributed by atoms with Crippen molar-refractivity contribution in [3.63, 3.8) is 0 Å². The Labute approximate surface area is 85.1 Å². The maximum atomic E-state index is 5.20. The quantitative estimate of drug-likeness (QED) is 0.678. The lowest BCUT2D eigenvalue weighted by Gasteiger charge is -1.95. The lowest BCUT2D eigenvalue weighted by atomic mass is 10.5. The topological polar surface area (TPSA) is 30.2 Å². The lowest BCUT2D eigenvalue weighted by Crippen LogP contribution is -1.92. The van der Waals surface area contributed by atoms with Gasteiger partial charge >= 0.3 is 0 Å². The largest absolute Gasteiger partial charge is 0.223 e. The summed E-state index contributed by atoms with van der Waals surface area (Å²) in [6.07, 6.45) is 0.926. The van der Waals surface area contributed by atoms with E-state index in [-0.39, 0.29) is 0 Å². The summed E-state index contributed by atoms with van der Waals surface area (Å²) in [4.78, 5) is 4.43. The maximum absolute atomic E-state index is 5.20. The Morgan fingerprint density at radius 1 is 1.62 bits per heavy atom. The second kappa shape index (κ2) is 3.16. The lowest BCUT2D eigenvalue weighted by molar-refractivity contribution is 0.914. The fraction of sp³-hybridized carbons (Fsp3) is 0.375. The van der Waals surface area contributed by atoms with Crippen LogP contribution < -0.4 is 0 Å². The predicted octanol–water partition coefficient (Wildman–Crippen LogP) is 2.39. The third-order valence-electron chi connectivity index (χ3n) is 1.73. The Morgan fingerprint density at radius 3 is 3.08 bits per heavy atom.